The molecule has 1 unspecified atom stereocenters. The molecule has 0 bridgehead atoms. The van der Waals surface area contributed by atoms with Crippen molar-refractivity contribution in [2.75, 3.05) is 6.54 Å². The molecule has 1 heterocycles. The number of rotatable bonds is 7. The molecule has 1 aromatic heterocycles. The Kier molecular flexibility index (Phi) is 7.32. The second-order valence-corrected chi connectivity index (χ2v) is 7.95. The molecule has 0 aliphatic rings. The topological polar surface area (TPSA) is 131 Å². The van der Waals surface area contributed by atoms with E-state index in [-0.39, 0.29) is 10.3 Å². The van der Waals surface area contributed by atoms with Gasteiger partial charge in [-0.25, -0.2) is 13.2 Å². The number of thiophene rings is 1. The Morgan fingerprint density at radius 1 is 1.25 bits per heavy atom. The summed E-state index contributed by atoms with van der Waals surface area (Å²) in [5.74, 6) is -1.76. The Balaban J connectivity index is 2.44. The van der Waals surface area contributed by atoms with Gasteiger partial charge in [-0.2, -0.15) is 4.72 Å². The fraction of sp³-hybridized carbons (Fsp3) is 0.462. The molecule has 0 aromatic carbocycles. The van der Waals surface area contributed by atoms with Crippen LogP contribution in [0.1, 0.15) is 20.8 Å². The number of urea groups is 1. The molecule has 0 saturated heterocycles. The van der Waals surface area contributed by atoms with Gasteiger partial charge in [-0.1, -0.05) is 6.07 Å². The average Bonchev–Trinajstić information content (AvgIpc) is 2.99. The molecule has 134 valence electrons. The largest absolute Gasteiger partial charge is 0.452 e. The van der Waals surface area contributed by atoms with Crippen LogP contribution in [0, 0.1) is 0 Å². The lowest BCUT2D eigenvalue weighted by Crippen LogP contribution is -2.47. The number of esters is 1. The Hall–Kier alpha value is -1.98. The summed E-state index contributed by atoms with van der Waals surface area (Å²) >= 11 is 1.00. The molecule has 3 N–H and O–H groups in total. The van der Waals surface area contributed by atoms with Gasteiger partial charge in [0.05, 0.1) is 0 Å². The van der Waals surface area contributed by atoms with Crippen LogP contribution in [0.25, 0.3) is 0 Å². The van der Waals surface area contributed by atoms with E-state index in [0.717, 1.165) is 11.3 Å². The zero-order valence-corrected chi connectivity index (χ0v) is 15.0. The second kappa shape index (κ2) is 8.76. The molecular formula is C13H19N3O6S2. The molecule has 3 amide bonds. The highest BCUT2D eigenvalue weighted by Crippen LogP contribution is 2.14. The lowest BCUT2D eigenvalue weighted by Gasteiger charge is -2.14. The summed E-state index contributed by atoms with van der Waals surface area (Å²) in [7, 11) is -3.80. The normalized spacial score (nSPS) is 12.5. The number of hydrogen-bond donors (Lipinski definition) is 3. The van der Waals surface area contributed by atoms with Crippen LogP contribution in [0.5, 0.6) is 0 Å². The third-order valence-electron chi connectivity index (χ3n) is 2.50. The zero-order valence-electron chi connectivity index (χ0n) is 13.4. The van der Waals surface area contributed by atoms with Crippen LogP contribution in [0.3, 0.4) is 0 Å². The van der Waals surface area contributed by atoms with Crippen LogP contribution >= 0.6 is 11.3 Å². The maximum atomic E-state index is 11.8. The van der Waals surface area contributed by atoms with Crippen molar-refractivity contribution in [1.82, 2.24) is 15.4 Å². The monoisotopic (exact) mass is 377 g/mol. The van der Waals surface area contributed by atoms with Crippen molar-refractivity contribution in [2.24, 2.45) is 0 Å². The van der Waals surface area contributed by atoms with Gasteiger partial charge in [0.1, 0.15) is 10.8 Å². The highest BCUT2D eigenvalue weighted by Gasteiger charge is 2.22. The van der Waals surface area contributed by atoms with E-state index in [2.05, 4.69) is 10.0 Å². The summed E-state index contributed by atoms with van der Waals surface area (Å²) in [4.78, 5) is 34.7. The van der Waals surface area contributed by atoms with Crippen molar-refractivity contribution in [3.05, 3.63) is 17.5 Å². The lowest BCUT2D eigenvalue weighted by molar-refractivity contribution is -0.153. The summed E-state index contributed by atoms with van der Waals surface area (Å²) in [6.07, 6.45) is -1.25. The van der Waals surface area contributed by atoms with E-state index in [1.54, 1.807) is 25.3 Å². The molecule has 0 aliphatic carbocycles. The summed E-state index contributed by atoms with van der Waals surface area (Å²) in [6, 6.07) is 2.08. The van der Waals surface area contributed by atoms with Crippen molar-refractivity contribution < 1.29 is 27.5 Å². The van der Waals surface area contributed by atoms with Crippen LogP contribution in [0.15, 0.2) is 21.7 Å². The summed E-state index contributed by atoms with van der Waals surface area (Å²) in [5, 5.41) is 6.03. The molecule has 11 heteroatoms. The van der Waals surface area contributed by atoms with E-state index in [9.17, 15) is 22.8 Å². The SMILES string of the molecule is CC(C)NC(=O)NC(=O)C(C)OC(=O)CNS(=O)(=O)c1cccs1. The van der Waals surface area contributed by atoms with Gasteiger partial charge in [0.25, 0.3) is 15.9 Å². The number of amides is 3. The van der Waals surface area contributed by atoms with E-state index in [0.29, 0.717) is 0 Å². The highest BCUT2D eigenvalue weighted by atomic mass is 32.2. The van der Waals surface area contributed by atoms with E-state index in [1.165, 1.54) is 13.0 Å². The predicted molar refractivity (Wildman–Crippen MR) is 86.9 cm³/mol. The number of carbonyl (C=O) groups excluding carboxylic acids is 3. The predicted octanol–water partition coefficient (Wildman–Crippen LogP) is 0.192. The molecule has 0 saturated carbocycles. The van der Waals surface area contributed by atoms with Gasteiger partial charge < -0.3 is 10.1 Å². The molecule has 0 spiro atoms. The zero-order chi connectivity index (χ0) is 18.3. The van der Waals surface area contributed by atoms with Crippen molar-refractivity contribution in [1.29, 1.82) is 0 Å². The number of hydrogen-bond acceptors (Lipinski definition) is 7. The Labute approximate surface area is 143 Å². The molecular weight excluding hydrogens is 358 g/mol. The minimum atomic E-state index is -3.80. The summed E-state index contributed by atoms with van der Waals surface area (Å²) < 4.78 is 30.6. The van der Waals surface area contributed by atoms with Crippen molar-refractivity contribution >= 4 is 39.3 Å². The van der Waals surface area contributed by atoms with Crippen molar-refractivity contribution in [3.8, 4) is 0 Å². The van der Waals surface area contributed by atoms with E-state index < -0.39 is 40.6 Å². The maximum absolute atomic E-state index is 11.8. The van der Waals surface area contributed by atoms with Gasteiger partial charge in [0.2, 0.25) is 0 Å². The molecule has 0 fully saturated rings. The third kappa shape index (κ3) is 6.64. The van der Waals surface area contributed by atoms with E-state index in [1.807, 2.05) is 5.32 Å². The van der Waals surface area contributed by atoms with Crippen molar-refractivity contribution in [2.45, 2.75) is 37.1 Å². The first-order valence-corrected chi connectivity index (χ1v) is 9.32. The molecule has 1 atom stereocenters. The van der Waals surface area contributed by atoms with Crippen LogP contribution in [-0.2, 0) is 24.3 Å². The minimum absolute atomic E-state index is 0.0615. The van der Waals surface area contributed by atoms with Crippen molar-refractivity contribution in [3.63, 3.8) is 0 Å². The molecule has 0 aliphatic heterocycles. The van der Waals surface area contributed by atoms with E-state index >= 15 is 0 Å². The Bertz CT molecular complexity index is 685. The number of nitrogens with one attached hydrogen (secondary N) is 3. The maximum Gasteiger partial charge on any atom is 0.321 e. The minimum Gasteiger partial charge on any atom is -0.452 e. The van der Waals surface area contributed by atoms with Gasteiger partial charge in [0.15, 0.2) is 6.10 Å². The number of ether oxygens (including phenoxy) is 1. The average molecular weight is 377 g/mol. The first-order chi connectivity index (χ1) is 11.1. The van der Waals surface area contributed by atoms with Gasteiger partial charge in [-0.15, -0.1) is 11.3 Å². The molecule has 0 radical (unpaired) electrons. The van der Waals surface area contributed by atoms with Gasteiger partial charge in [-0.3, -0.25) is 14.9 Å². The van der Waals surface area contributed by atoms with Crippen LogP contribution in [0.4, 0.5) is 4.79 Å². The smallest absolute Gasteiger partial charge is 0.321 e. The summed E-state index contributed by atoms with van der Waals surface area (Å²) in [6.45, 7) is 4.07. The second-order valence-electron chi connectivity index (χ2n) is 5.01. The van der Waals surface area contributed by atoms with Gasteiger partial charge >= 0.3 is 12.0 Å². The first kappa shape index (κ1) is 20.1. The first-order valence-electron chi connectivity index (χ1n) is 6.96. The van der Waals surface area contributed by atoms with E-state index in [4.69, 9.17) is 4.74 Å². The highest BCUT2D eigenvalue weighted by molar-refractivity contribution is 7.91. The number of carbonyl (C=O) groups is 3. The molecule has 1 aromatic rings. The van der Waals surface area contributed by atoms with Gasteiger partial charge in [-0.05, 0) is 32.2 Å². The molecule has 9 nitrogen and oxygen atoms in total. The number of imide groups is 1. The fourth-order valence-electron chi connectivity index (χ4n) is 1.45. The molecule has 1 rings (SSSR count). The fourth-order valence-corrected chi connectivity index (χ4v) is 3.45. The molecule has 24 heavy (non-hydrogen) atoms. The van der Waals surface area contributed by atoms with Crippen LogP contribution in [-0.4, -0.2) is 45.0 Å². The Morgan fingerprint density at radius 2 is 1.92 bits per heavy atom. The Morgan fingerprint density at radius 3 is 2.46 bits per heavy atom. The van der Waals surface area contributed by atoms with Gasteiger partial charge in [0, 0.05) is 6.04 Å². The summed E-state index contributed by atoms with van der Waals surface area (Å²) in [5.41, 5.74) is 0. The van der Waals surface area contributed by atoms with Crippen LogP contribution < -0.4 is 15.4 Å². The van der Waals surface area contributed by atoms with Crippen LogP contribution in [0.2, 0.25) is 0 Å². The third-order valence-corrected chi connectivity index (χ3v) is 5.30. The number of sulfonamides is 1. The quantitative estimate of drug-likeness (QED) is 0.582. The standard InChI is InChI=1S/C13H19N3O6S2/c1-8(2)15-13(19)16-12(18)9(3)22-10(17)7-14-24(20,21)11-5-4-6-23-11/h4-6,8-9,14H,7H2,1-3H3,(H2,15,16,18,19). The lowest BCUT2D eigenvalue weighted by atomic mass is 10.3.